The summed E-state index contributed by atoms with van der Waals surface area (Å²) < 4.78 is 67.3. The summed E-state index contributed by atoms with van der Waals surface area (Å²) in [6.45, 7) is 10.8. The Labute approximate surface area is 324 Å². The van der Waals surface area contributed by atoms with Crippen molar-refractivity contribution in [3.63, 3.8) is 0 Å². The van der Waals surface area contributed by atoms with Crippen LogP contribution in [0.15, 0.2) is 91.2 Å². The van der Waals surface area contributed by atoms with Gasteiger partial charge < -0.3 is 14.0 Å². The standard InChI is InChI=1S/C47H47F4NO4/c1-7-9-14-32(8-2)25-52-41-20-19-33(40(26-55-31(6)53)35-16-12-13-18-42(35)56-27-47(50,51)46(48)49)23-37(41)38-24-39(34-15-10-11-17-36(34)44(38)52)45(54)43-29(4)21-28(3)22-30(43)5/h10-13,15-24,26,32,46H,7-9,14,25,27H2,1-6H3/b40-26+. The van der Waals surface area contributed by atoms with Gasteiger partial charge in [-0.05, 0) is 79.5 Å². The highest BCUT2D eigenvalue weighted by atomic mass is 19.3. The van der Waals surface area contributed by atoms with Gasteiger partial charge in [0.15, 0.2) is 12.4 Å². The molecule has 1 heterocycles. The molecule has 1 aromatic heterocycles. The van der Waals surface area contributed by atoms with E-state index in [0.717, 1.165) is 81.5 Å². The minimum atomic E-state index is -4.38. The third-order valence-electron chi connectivity index (χ3n) is 10.6. The van der Waals surface area contributed by atoms with Crippen LogP contribution < -0.4 is 4.74 Å². The molecule has 0 N–H and O–H groups in total. The predicted molar refractivity (Wildman–Crippen MR) is 216 cm³/mol. The van der Waals surface area contributed by atoms with Gasteiger partial charge in [0, 0.05) is 57.4 Å². The molecule has 1 atom stereocenters. The fourth-order valence-electron chi connectivity index (χ4n) is 7.84. The van der Waals surface area contributed by atoms with E-state index >= 15 is 0 Å². The van der Waals surface area contributed by atoms with Crippen LogP contribution in [0.1, 0.15) is 90.2 Å². The lowest BCUT2D eigenvalue weighted by Gasteiger charge is -2.19. The van der Waals surface area contributed by atoms with Crippen LogP contribution in [-0.2, 0) is 16.1 Å². The van der Waals surface area contributed by atoms with E-state index < -0.39 is 24.9 Å². The first-order valence-electron chi connectivity index (χ1n) is 19.1. The highest BCUT2D eigenvalue weighted by Gasteiger charge is 2.42. The van der Waals surface area contributed by atoms with Crippen LogP contribution in [-0.4, -0.2) is 35.3 Å². The van der Waals surface area contributed by atoms with Crippen molar-refractivity contribution in [1.29, 1.82) is 0 Å². The Hall–Kier alpha value is -5.44. The van der Waals surface area contributed by atoms with Crippen molar-refractivity contribution >= 4 is 49.9 Å². The number of hydrogen-bond acceptors (Lipinski definition) is 4. The Kier molecular flexibility index (Phi) is 12.0. The Morgan fingerprint density at radius 3 is 2.16 bits per heavy atom. The number of ether oxygens (including phenoxy) is 2. The second-order valence-corrected chi connectivity index (χ2v) is 14.7. The molecule has 5 aromatic carbocycles. The van der Waals surface area contributed by atoms with E-state index in [1.807, 2.05) is 75.4 Å². The van der Waals surface area contributed by atoms with Crippen LogP contribution in [0, 0.1) is 26.7 Å². The monoisotopic (exact) mass is 765 g/mol. The van der Waals surface area contributed by atoms with Crippen molar-refractivity contribution in [3.8, 4) is 5.75 Å². The minimum absolute atomic E-state index is 0.0772. The van der Waals surface area contributed by atoms with Gasteiger partial charge in [-0.3, -0.25) is 9.59 Å². The van der Waals surface area contributed by atoms with E-state index in [0.29, 0.717) is 28.2 Å². The number of carbonyl (C=O) groups excluding carboxylic acids is 2. The minimum Gasteiger partial charge on any atom is -0.486 e. The number of aromatic nitrogens is 1. The fraction of sp³-hybridized carbons (Fsp3) is 0.319. The quantitative estimate of drug-likeness (QED) is 0.0452. The molecule has 0 spiro atoms. The molecule has 0 radical (unpaired) electrons. The number of nitrogens with zero attached hydrogens (tertiary/aromatic N) is 1. The van der Waals surface area contributed by atoms with Gasteiger partial charge in [-0.15, -0.1) is 0 Å². The molecular weight excluding hydrogens is 719 g/mol. The lowest BCUT2D eigenvalue weighted by atomic mass is 9.89. The first kappa shape index (κ1) is 40.2. The smallest absolute Gasteiger partial charge is 0.340 e. The molecule has 0 aliphatic heterocycles. The maximum atomic E-state index is 14.7. The zero-order chi connectivity index (χ0) is 40.3. The first-order valence-corrected chi connectivity index (χ1v) is 19.1. The fourth-order valence-corrected chi connectivity index (χ4v) is 7.84. The predicted octanol–water partition coefficient (Wildman–Crippen LogP) is 12.6. The third-order valence-corrected chi connectivity index (χ3v) is 10.6. The largest absolute Gasteiger partial charge is 0.486 e. The Morgan fingerprint density at radius 2 is 1.50 bits per heavy atom. The molecule has 6 rings (SSSR count). The summed E-state index contributed by atoms with van der Waals surface area (Å²) in [6.07, 6.45) is 1.54. The maximum absolute atomic E-state index is 14.7. The van der Waals surface area contributed by atoms with Crippen LogP contribution >= 0.6 is 0 Å². The normalized spacial score (nSPS) is 12.9. The van der Waals surface area contributed by atoms with Gasteiger partial charge in [0.25, 0.3) is 0 Å². The van der Waals surface area contributed by atoms with E-state index in [1.54, 1.807) is 18.2 Å². The number of ketones is 1. The number of benzene rings is 5. The summed E-state index contributed by atoms with van der Waals surface area (Å²) in [6, 6.07) is 26.0. The van der Waals surface area contributed by atoms with Crippen LogP contribution in [0.3, 0.4) is 0 Å². The van der Waals surface area contributed by atoms with Crippen molar-refractivity contribution in [3.05, 3.63) is 130 Å². The topological polar surface area (TPSA) is 57.5 Å². The molecule has 1 unspecified atom stereocenters. The molecular formula is C47H47F4NO4. The highest BCUT2D eigenvalue weighted by molar-refractivity contribution is 6.26. The summed E-state index contributed by atoms with van der Waals surface area (Å²) in [5, 5.41) is 3.46. The molecule has 5 nitrogen and oxygen atoms in total. The van der Waals surface area contributed by atoms with E-state index in [9.17, 15) is 27.2 Å². The molecule has 0 aliphatic rings. The molecule has 9 heteroatoms. The SMILES string of the molecule is CCCCC(CC)Cn1c2ccc(/C(=C\OC(C)=O)c3ccccc3OCC(F)(F)C(F)F)cc2c2cc(C(=O)c3c(C)cc(C)cc3C)c3ccccc3c21. The number of fused-ring (bicyclic) bond motifs is 5. The molecule has 0 saturated carbocycles. The number of alkyl halides is 4. The highest BCUT2D eigenvalue weighted by Crippen LogP contribution is 2.41. The van der Waals surface area contributed by atoms with Gasteiger partial charge >= 0.3 is 18.3 Å². The Balaban J connectivity index is 1.63. The zero-order valence-electron chi connectivity index (χ0n) is 32.6. The lowest BCUT2D eigenvalue weighted by Crippen LogP contribution is -2.33. The van der Waals surface area contributed by atoms with Crippen molar-refractivity contribution < 1.29 is 36.6 Å². The summed E-state index contributed by atoms with van der Waals surface area (Å²) in [5.74, 6) is -4.77. The van der Waals surface area contributed by atoms with Gasteiger partial charge in [-0.25, -0.2) is 8.78 Å². The molecule has 292 valence electrons. The Bertz CT molecular complexity index is 2440. The first-order chi connectivity index (χ1) is 26.7. The molecule has 6 aromatic rings. The average Bonchev–Trinajstić information content (AvgIpc) is 3.47. The van der Waals surface area contributed by atoms with Crippen molar-refractivity contribution in [2.45, 2.75) is 86.1 Å². The van der Waals surface area contributed by atoms with Crippen molar-refractivity contribution in [2.75, 3.05) is 6.61 Å². The molecule has 0 saturated heterocycles. The third kappa shape index (κ3) is 8.08. The maximum Gasteiger partial charge on any atom is 0.340 e. The van der Waals surface area contributed by atoms with E-state index in [4.69, 9.17) is 9.47 Å². The number of unbranched alkanes of at least 4 members (excludes halogenated alkanes) is 1. The van der Waals surface area contributed by atoms with Gasteiger partial charge in [-0.1, -0.05) is 99.3 Å². The van der Waals surface area contributed by atoms with Gasteiger partial charge in [0.1, 0.15) is 12.0 Å². The number of carbonyl (C=O) groups is 2. The van der Waals surface area contributed by atoms with Gasteiger partial charge in [0.05, 0.1) is 5.52 Å². The van der Waals surface area contributed by atoms with E-state index in [-0.39, 0.29) is 17.1 Å². The molecule has 0 bridgehead atoms. The van der Waals surface area contributed by atoms with Crippen molar-refractivity contribution in [2.24, 2.45) is 5.92 Å². The van der Waals surface area contributed by atoms with Crippen LogP contribution in [0.5, 0.6) is 5.75 Å². The number of aryl methyl sites for hydroxylation is 3. The molecule has 0 aliphatic carbocycles. The summed E-state index contributed by atoms with van der Waals surface area (Å²) >= 11 is 0. The Morgan fingerprint density at radius 1 is 0.821 bits per heavy atom. The number of rotatable bonds is 15. The summed E-state index contributed by atoms with van der Waals surface area (Å²) in [4.78, 5) is 26.8. The van der Waals surface area contributed by atoms with Crippen LogP contribution in [0.2, 0.25) is 0 Å². The number of hydrogen-bond donors (Lipinski definition) is 0. The van der Waals surface area contributed by atoms with E-state index in [2.05, 4.69) is 24.5 Å². The number of halogens is 4. The van der Waals surface area contributed by atoms with Crippen LogP contribution in [0.4, 0.5) is 17.6 Å². The number of esters is 1. The van der Waals surface area contributed by atoms with Gasteiger partial charge in [-0.2, -0.15) is 8.78 Å². The molecule has 56 heavy (non-hydrogen) atoms. The lowest BCUT2D eigenvalue weighted by molar-refractivity contribution is -0.148. The van der Waals surface area contributed by atoms with Gasteiger partial charge in [0.2, 0.25) is 0 Å². The second kappa shape index (κ2) is 16.7. The number of para-hydroxylation sites is 1. The summed E-state index contributed by atoms with van der Waals surface area (Å²) in [5.41, 5.74) is 7.16. The van der Waals surface area contributed by atoms with E-state index in [1.165, 1.54) is 19.3 Å². The zero-order valence-corrected chi connectivity index (χ0v) is 32.6. The average molecular weight is 766 g/mol. The van der Waals surface area contributed by atoms with Crippen LogP contribution in [0.25, 0.3) is 38.2 Å². The molecule has 0 amide bonds. The second-order valence-electron chi connectivity index (χ2n) is 14.7. The van der Waals surface area contributed by atoms with Crippen molar-refractivity contribution in [1.82, 2.24) is 4.57 Å². The summed E-state index contributed by atoms with van der Waals surface area (Å²) in [7, 11) is 0. The molecule has 0 fully saturated rings.